The lowest BCUT2D eigenvalue weighted by atomic mass is 10.2. The Morgan fingerprint density at radius 1 is 1.35 bits per heavy atom. The molecule has 2 heterocycles. The van der Waals surface area contributed by atoms with E-state index >= 15 is 0 Å². The molecule has 0 aliphatic rings. The van der Waals surface area contributed by atoms with Crippen LogP contribution in [0.25, 0.3) is 0 Å². The molecule has 0 saturated carbocycles. The summed E-state index contributed by atoms with van der Waals surface area (Å²) in [5.41, 5.74) is 1.98. The Morgan fingerprint density at radius 2 is 2.09 bits per heavy atom. The Balaban J connectivity index is 2.08. The van der Waals surface area contributed by atoms with Crippen LogP contribution in [0.15, 0.2) is 17.6 Å². The highest BCUT2D eigenvalue weighted by atomic mass is 35.5. The minimum Gasteiger partial charge on any atom is -0.335 e. The SMILES string of the molecule is Cc1ccsc1CN(CCN(C)C)C(=O)Cn1cc(Cl)c(C)n1. The zero-order valence-electron chi connectivity index (χ0n) is 14.0. The minimum atomic E-state index is 0.0545. The van der Waals surface area contributed by atoms with Gasteiger partial charge in [0.25, 0.3) is 0 Å². The Labute approximate surface area is 146 Å². The smallest absolute Gasteiger partial charge is 0.244 e. The molecule has 0 bridgehead atoms. The van der Waals surface area contributed by atoms with Gasteiger partial charge in [0.05, 0.1) is 17.3 Å². The van der Waals surface area contributed by atoms with E-state index in [2.05, 4.69) is 28.4 Å². The summed E-state index contributed by atoms with van der Waals surface area (Å²) < 4.78 is 1.62. The summed E-state index contributed by atoms with van der Waals surface area (Å²) in [5, 5.41) is 6.93. The van der Waals surface area contributed by atoms with Crippen molar-refractivity contribution in [1.29, 1.82) is 0 Å². The fourth-order valence-electron chi connectivity index (χ4n) is 2.17. The van der Waals surface area contributed by atoms with Gasteiger partial charge >= 0.3 is 0 Å². The first-order valence-electron chi connectivity index (χ1n) is 7.52. The van der Waals surface area contributed by atoms with Gasteiger partial charge in [0.2, 0.25) is 5.91 Å². The number of carbonyl (C=O) groups is 1. The summed E-state index contributed by atoms with van der Waals surface area (Å²) in [5.74, 6) is 0.0545. The molecule has 2 rings (SSSR count). The fourth-order valence-corrected chi connectivity index (χ4v) is 3.24. The molecule has 0 spiro atoms. The Morgan fingerprint density at radius 3 is 2.61 bits per heavy atom. The average Bonchev–Trinajstić information content (AvgIpc) is 3.00. The van der Waals surface area contributed by atoms with Gasteiger partial charge in [0.1, 0.15) is 6.54 Å². The summed E-state index contributed by atoms with van der Waals surface area (Å²) in [6.07, 6.45) is 1.70. The van der Waals surface area contributed by atoms with Crippen molar-refractivity contribution in [3.8, 4) is 0 Å². The third kappa shape index (κ3) is 5.06. The van der Waals surface area contributed by atoms with E-state index in [4.69, 9.17) is 11.6 Å². The minimum absolute atomic E-state index is 0.0545. The van der Waals surface area contributed by atoms with E-state index in [-0.39, 0.29) is 12.5 Å². The molecule has 0 saturated heterocycles. The van der Waals surface area contributed by atoms with Crippen molar-refractivity contribution in [1.82, 2.24) is 19.6 Å². The molecule has 0 N–H and O–H groups in total. The molecule has 126 valence electrons. The van der Waals surface area contributed by atoms with E-state index in [0.29, 0.717) is 18.1 Å². The van der Waals surface area contributed by atoms with Crippen LogP contribution in [0.3, 0.4) is 0 Å². The highest BCUT2D eigenvalue weighted by Crippen LogP contribution is 2.18. The summed E-state index contributed by atoms with van der Waals surface area (Å²) in [6, 6.07) is 2.09. The highest BCUT2D eigenvalue weighted by Gasteiger charge is 2.17. The Bertz CT molecular complexity index is 645. The quantitative estimate of drug-likeness (QED) is 0.767. The molecule has 0 aliphatic carbocycles. The lowest BCUT2D eigenvalue weighted by Crippen LogP contribution is -2.38. The van der Waals surface area contributed by atoms with Crippen molar-refractivity contribution >= 4 is 28.8 Å². The molecule has 0 radical (unpaired) electrons. The van der Waals surface area contributed by atoms with Gasteiger partial charge in [0, 0.05) is 24.2 Å². The molecule has 23 heavy (non-hydrogen) atoms. The number of likely N-dealkylation sites (N-methyl/N-ethyl adjacent to an activating group) is 1. The van der Waals surface area contributed by atoms with E-state index in [1.54, 1.807) is 22.2 Å². The molecule has 0 unspecified atom stereocenters. The van der Waals surface area contributed by atoms with E-state index < -0.39 is 0 Å². The van der Waals surface area contributed by atoms with Crippen LogP contribution >= 0.6 is 22.9 Å². The van der Waals surface area contributed by atoms with Crippen molar-refractivity contribution in [2.75, 3.05) is 27.2 Å². The molecule has 0 atom stereocenters. The van der Waals surface area contributed by atoms with Crippen LogP contribution in [0.1, 0.15) is 16.1 Å². The molecular weight excluding hydrogens is 332 g/mol. The number of carbonyl (C=O) groups excluding carboxylic acids is 1. The van der Waals surface area contributed by atoms with Crippen LogP contribution in [-0.4, -0.2) is 52.7 Å². The van der Waals surface area contributed by atoms with E-state index in [1.165, 1.54) is 10.4 Å². The average molecular weight is 355 g/mol. The van der Waals surface area contributed by atoms with Gasteiger partial charge in [-0.2, -0.15) is 5.10 Å². The molecule has 2 aromatic rings. The number of hydrogen-bond donors (Lipinski definition) is 0. The maximum absolute atomic E-state index is 12.7. The fraction of sp³-hybridized carbons (Fsp3) is 0.500. The van der Waals surface area contributed by atoms with E-state index in [1.807, 2.05) is 25.9 Å². The number of aromatic nitrogens is 2. The first-order chi connectivity index (χ1) is 10.9. The lowest BCUT2D eigenvalue weighted by Gasteiger charge is -2.24. The number of aryl methyl sites for hydroxylation is 2. The largest absolute Gasteiger partial charge is 0.335 e. The topological polar surface area (TPSA) is 41.4 Å². The summed E-state index contributed by atoms with van der Waals surface area (Å²) in [7, 11) is 4.02. The Kier molecular flexibility index (Phi) is 6.21. The van der Waals surface area contributed by atoms with Gasteiger partial charge in [-0.25, -0.2) is 0 Å². The van der Waals surface area contributed by atoms with Gasteiger partial charge in [-0.15, -0.1) is 11.3 Å². The van der Waals surface area contributed by atoms with Gasteiger partial charge < -0.3 is 9.80 Å². The number of halogens is 1. The highest BCUT2D eigenvalue weighted by molar-refractivity contribution is 7.10. The van der Waals surface area contributed by atoms with Gasteiger partial charge in [-0.1, -0.05) is 11.6 Å². The number of thiophene rings is 1. The van der Waals surface area contributed by atoms with Crippen LogP contribution in [0.2, 0.25) is 5.02 Å². The number of nitrogens with zero attached hydrogens (tertiary/aromatic N) is 4. The summed E-state index contributed by atoms with van der Waals surface area (Å²) in [4.78, 5) is 17.9. The van der Waals surface area contributed by atoms with Crippen LogP contribution in [0.4, 0.5) is 0 Å². The molecule has 0 aromatic carbocycles. The second kappa shape index (κ2) is 7.95. The maximum atomic E-state index is 12.7. The normalized spacial score (nSPS) is 11.2. The predicted octanol–water partition coefficient (Wildman–Crippen LogP) is 2.81. The number of hydrogen-bond acceptors (Lipinski definition) is 4. The van der Waals surface area contributed by atoms with Crippen LogP contribution < -0.4 is 0 Å². The van der Waals surface area contributed by atoms with Crippen molar-refractivity contribution in [3.63, 3.8) is 0 Å². The number of rotatable bonds is 7. The lowest BCUT2D eigenvalue weighted by molar-refractivity contribution is -0.132. The van der Waals surface area contributed by atoms with Crippen LogP contribution in [-0.2, 0) is 17.9 Å². The zero-order chi connectivity index (χ0) is 17.0. The molecule has 0 fully saturated rings. The molecule has 7 heteroatoms. The van der Waals surface area contributed by atoms with Gasteiger partial charge in [-0.3, -0.25) is 9.48 Å². The summed E-state index contributed by atoms with van der Waals surface area (Å²) in [6.45, 7) is 6.29. The second-order valence-electron chi connectivity index (χ2n) is 5.91. The second-order valence-corrected chi connectivity index (χ2v) is 7.31. The zero-order valence-corrected chi connectivity index (χ0v) is 15.6. The van der Waals surface area contributed by atoms with Crippen molar-refractivity contribution in [3.05, 3.63) is 38.8 Å². The van der Waals surface area contributed by atoms with Crippen molar-refractivity contribution in [2.24, 2.45) is 0 Å². The molecule has 0 aliphatic heterocycles. The molecule has 1 amide bonds. The van der Waals surface area contributed by atoms with Crippen molar-refractivity contribution < 1.29 is 4.79 Å². The van der Waals surface area contributed by atoms with Gasteiger partial charge in [0.15, 0.2) is 0 Å². The first-order valence-corrected chi connectivity index (χ1v) is 8.77. The maximum Gasteiger partial charge on any atom is 0.244 e. The van der Waals surface area contributed by atoms with Crippen molar-refractivity contribution in [2.45, 2.75) is 26.9 Å². The van der Waals surface area contributed by atoms with Gasteiger partial charge in [-0.05, 0) is 45.0 Å². The predicted molar refractivity (Wildman–Crippen MR) is 95.0 cm³/mol. The molecule has 2 aromatic heterocycles. The molecule has 5 nitrogen and oxygen atoms in total. The van der Waals surface area contributed by atoms with E-state index in [9.17, 15) is 4.79 Å². The first kappa shape index (κ1) is 18.0. The number of amides is 1. The van der Waals surface area contributed by atoms with Crippen LogP contribution in [0.5, 0.6) is 0 Å². The summed E-state index contributed by atoms with van der Waals surface area (Å²) >= 11 is 7.71. The third-order valence-corrected chi connectivity index (χ3v) is 5.04. The standard InChI is InChI=1S/C16H23ClN4OS/c1-12-5-8-23-15(12)10-20(7-6-19(3)4)16(22)11-21-9-14(17)13(2)18-21/h5,8-9H,6-7,10-11H2,1-4H3. The molecular formula is C16H23ClN4OS. The Hall–Kier alpha value is -1.37. The van der Waals surface area contributed by atoms with Crippen LogP contribution in [0, 0.1) is 13.8 Å². The monoisotopic (exact) mass is 354 g/mol. The third-order valence-electron chi connectivity index (χ3n) is 3.66. The van der Waals surface area contributed by atoms with E-state index in [0.717, 1.165) is 12.2 Å².